The van der Waals surface area contributed by atoms with E-state index in [1.165, 1.54) is 51.4 Å². The number of nitrogens with two attached hydrogens (primary N) is 1. The Morgan fingerprint density at radius 3 is 2.39 bits per heavy atom. The maximum absolute atomic E-state index is 5.62. The summed E-state index contributed by atoms with van der Waals surface area (Å²) in [6.45, 7) is 3.29. The lowest BCUT2D eigenvalue weighted by molar-refractivity contribution is 0.581. The smallest absolute Gasteiger partial charge is 0.125 e. The molecule has 0 fully saturated rings. The average Bonchev–Trinajstić information content (AvgIpc) is 2.37. The van der Waals surface area contributed by atoms with Crippen molar-refractivity contribution in [3.8, 4) is 0 Å². The molecule has 3 N–H and O–H groups in total. The number of pyridine rings is 1. The monoisotopic (exact) mass is 249 g/mol. The van der Waals surface area contributed by atoms with Gasteiger partial charge in [0.05, 0.1) is 0 Å². The van der Waals surface area contributed by atoms with Crippen molar-refractivity contribution in [1.82, 2.24) is 4.98 Å². The minimum Gasteiger partial charge on any atom is -0.385 e. The number of hydrogen-bond acceptors (Lipinski definition) is 3. The van der Waals surface area contributed by atoms with Crippen LogP contribution in [0.3, 0.4) is 0 Å². The molecule has 3 heteroatoms. The number of nitrogen functional groups attached to an aromatic ring is 1. The molecule has 18 heavy (non-hydrogen) atoms. The van der Waals surface area contributed by atoms with Gasteiger partial charge < -0.3 is 11.1 Å². The van der Waals surface area contributed by atoms with E-state index in [2.05, 4.69) is 17.2 Å². The summed E-state index contributed by atoms with van der Waals surface area (Å²) >= 11 is 0. The zero-order valence-electron chi connectivity index (χ0n) is 11.6. The molecule has 0 aliphatic heterocycles. The first-order chi connectivity index (χ1) is 8.83. The van der Waals surface area contributed by atoms with E-state index >= 15 is 0 Å². The molecule has 0 aliphatic rings. The second-order valence-corrected chi connectivity index (χ2v) is 4.87. The van der Waals surface area contributed by atoms with Gasteiger partial charge in [0, 0.05) is 24.5 Å². The molecular weight excluding hydrogens is 222 g/mol. The van der Waals surface area contributed by atoms with Gasteiger partial charge in [-0.2, -0.15) is 0 Å². The van der Waals surface area contributed by atoms with Crippen LogP contribution in [0.4, 0.5) is 11.5 Å². The van der Waals surface area contributed by atoms with Gasteiger partial charge in [-0.05, 0) is 12.5 Å². The molecule has 3 nitrogen and oxygen atoms in total. The van der Waals surface area contributed by atoms with Crippen LogP contribution < -0.4 is 11.1 Å². The highest BCUT2D eigenvalue weighted by Gasteiger charge is 1.94. The molecule has 1 rings (SSSR count). The molecule has 1 aromatic rings. The summed E-state index contributed by atoms with van der Waals surface area (Å²) in [4.78, 5) is 3.97. The number of rotatable bonds is 10. The highest BCUT2D eigenvalue weighted by atomic mass is 14.9. The van der Waals surface area contributed by atoms with E-state index in [4.69, 9.17) is 5.73 Å². The van der Waals surface area contributed by atoms with E-state index in [0.717, 1.165) is 12.2 Å². The summed E-state index contributed by atoms with van der Waals surface area (Å²) in [6, 6.07) is 3.84. The number of nitrogens with zero attached hydrogens (tertiary/aromatic N) is 1. The molecule has 0 radical (unpaired) electrons. The van der Waals surface area contributed by atoms with Crippen LogP contribution in [0.2, 0.25) is 0 Å². The standard InChI is InChI=1S/C15H27N3/c1-2-3-4-5-6-7-8-9-11-17-14-10-12-18-15(16)13-14/h10,12-13H,2-9,11H2,1H3,(H3,16,17,18). The molecular formula is C15H27N3. The number of hydrogen-bond donors (Lipinski definition) is 2. The lowest BCUT2D eigenvalue weighted by Gasteiger charge is -2.06. The Morgan fingerprint density at radius 1 is 1.06 bits per heavy atom. The summed E-state index contributed by atoms with van der Waals surface area (Å²) in [6.07, 6.45) is 12.6. The first-order valence-electron chi connectivity index (χ1n) is 7.28. The lowest BCUT2D eigenvalue weighted by Crippen LogP contribution is -2.02. The van der Waals surface area contributed by atoms with Gasteiger partial charge in [-0.1, -0.05) is 51.9 Å². The first kappa shape index (κ1) is 14.8. The molecule has 0 spiro atoms. The lowest BCUT2D eigenvalue weighted by atomic mass is 10.1. The third-order valence-electron chi connectivity index (χ3n) is 3.14. The van der Waals surface area contributed by atoms with E-state index < -0.39 is 0 Å². The fraction of sp³-hybridized carbons (Fsp3) is 0.667. The van der Waals surface area contributed by atoms with Gasteiger partial charge in [0.15, 0.2) is 0 Å². The van der Waals surface area contributed by atoms with Crippen molar-refractivity contribution in [1.29, 1.82) is 0 Å². The van der Waals surface area contributed by atoms with Gasteiger partial charge in [0.25, 0.3) is 0 Å². The van der Waals surface area contributed by atoms with Crippen molar-refractivity contribution in [3.63, 3.8) is 0 Å². The number of nitrogens with one attached hydrogen (secondary N) is 1. The van der Waals surface area contributed by atoms with Gasteiger partial charge in [-0.25, -0.2) is 4.98 Å². The largest absolute Gasteiger partial charge is 0.385 e. The maximum atomic E-state index is 5.62. The predicted molar refractivity (Wildman–Crippen MR) is 79.7 cm³/mol. The average molecular weight is 249 g/mol. The van der Waals surface area contributed by atoms with Gasteiger partial charge in [0.2, 0.25) is 0 Å². The van der Waals surface area contributed by atoms with Crippen molar-refractivity contribution in [2.45, 2.75) is 58.3 Å². The van der Waals surface area contributed by atoms with Crippen LogP contribution in [0.25, 0.3) is 0 Å². The second-order valence-electron chi connectivity index (χ2n) is 4.87. The molecule has 0 saturated carbocycles. The Bertz CT molecular complexity index is 312. The topological polar surface area (TPSA) is 50.9 Å². The first-order valence-corrected chi connectivity index (χ1v) is 7.28. The Hall–Kier alpha value is -1.25. The van der Waals surface area contributed by atoms with E-state index in [1.807, 2.05) is 12.1 Å². The molecule has 1 aromatic heterocycles. The fourth-order valence-electron chi connectivity index (χ4n) is 2.05. The Labute approximate surface area is 111 Å². The molecule has 102 valence electrons. The van der Waals surface area contributed by atoms with Gasteiger partial charge in [-0.15, -0.1) is 0 Å². The van der Waals surface area contributed by atoms with Crippen LogP contribution in [0.1, 0.15) is 58.3 Å². The zero-order chi connectivity index (χ0) is 13.1. The van der Waals surface area contributed by atoms with Crippen molar-refractivity contribution < 1.29 is 0 Å². The highest BCUT2D eigenvalue weighted by Crippen LogP contribution is 2.11. The third-order valence-corrected chi connectivity index (χ3v) is 3.14. The van der Waals surface area contributed by atoms with Gasteiger partial charge in [-0.3, -0.25) is 0 Å². The molecule has 0 aliphatic carbocycles. The van der Waals surface area contributed by atoms with Crippen LogP contribution >= 0.6 is 0 Å². The van der Waals surface area contributed by atoms with Crippen molar-refractivity contribution in [2.24, 2.45) is 0 Å². The van der Waals surface area contributed by atoms with Crippen LogP contribution in [0, 0.1) is 0 Å². The zero-order valence-corrected chi connectivity index (χ0v) is 11.6. The van der Waals surface area contributed by atoms with Gasteiger partial charge >= 0.3 is 0 Å². The predicted octanol–water partition coefficient (Wildman–Crippen LogP) is 4.22. The number of unbranched alkanes of at least 4 members (excludes halogenated alkanes) is 7. The molecule has 0 aromatic carbocycles. The Kier molecular flexibility index (Phi) is 8.02. The minimum atomic E-state index is 0.580. The minimum absolute atomic E-state index is 0.580. The van der Waals surface area contributed by atoms with Crippen LogP contribution in [-0.2, 0) is 0 Å². The van der Waals surface area contributed by atoms with Crippen molar-refractivity contribution >= 4 is 11.5 Å². The number of anilines is 2. The summed E-state index contributed by atoms with van der Waals surface area (Å²) in [5.74, 6) is 0.580. The third kappa shape index (κ3) is 7.15. The molecule has 0 saturated heterocycles. The quantitative estimate of drug-likeness (QED) is 0.610. The normalized spacial score (nSPS) is 10.5. The maximum Gasteiger partial charge on any atom is 0.125 e. The van der Waals surface area contributed by atoms with E-state index in [9.17, 15) is 0 Å². The van der Waals surface area contributed by atoms with Crippen LogP contribution in [0.5, 0.6) is 0 Å². The molecule has 0 unspecified atom stereocenters. The molecule has 0 atom stereocenters. The van der Waals surface area contributed by atoms with Gasteiger partial charge in [0.1, 0.15) is 5.82 Å². The molecule has 0 amide bonds. The number of aromatic nitrogens is 1. The second kappa shape index (κ2) is 9.75. The summed E-state index contributed by atoms with van der Waals surface area (Å²) < 4.78 is 0. The van der Waals surface area contributed by atoms with E-state index in [1.54, 1.807) is 6.20 Å². The van der Waals surface area contributed by atoms with Crippen molar-refractivity contribution in [2.75, 3.05) is 17.6 Å². The SMILES string of the molecule is CCCCCCCCCCNc1ccnc(N)c1. The Balaban J connectivity index is 1.92. The molecule has 0 bridgehead atoms. The van der Waals surface area contributed by atoms with Crippen molar-refractivity contribution in [3.05, 3.63) is 18.3 Å². The fourth-order valence-corrected chi connectivity index (χ4v) is 2.05. The van der Waals surface area contributed by atoms with E-state index in [0.29, 0.717) is 5.82 Å². The van der Waals surface area contributed by atoms with Crippen LogP contribution in [-0.4, -0.2) is 11.5 Å². The Morgan fingerprint density at radius 2 is 1.72 bits per heavy atom. The molecule has 1 heterocycles. The highest BCUT2D eigenvalue weighted by molar-refractivity contribution is 5.49. The summed E-state index contributed by atoms with van der Waals surface area (Å²) in [7, 11) is 0. The van der Waals surface area contributed by atoms with E-state index in [-0.39, 0.29) is 0 Å². The summed E-state index contributed by atoms with van der Waals surface area (Å²) in [5, 5.41) is 3.38. The summed E-state index contributed by atoms with van der Waals surface area (Å²) in [5.41, 5.74) is 6.69. The van der Waals surface area contributed by atoms with Crippen LogP contribution in [0.15, 0.2) is 18.3 Å².